The molecule has 10 nitrogen and oxygen atoms in total. The van der Waals surface area contributed by atoms with E-state index in [2.05, 4.69) is 25.7 Å². The molecule has 0 spiro atoms. The molecule has 1 saturated heterocycles. The van der Waals surface area contributed by atoms with Crippen molar-refractivity contribution < 1.29 is 27.9 Å². The summed E-state index contributed by atoms with van der Waals surface area (Å²) in [5, 5.41) is 8.04. The van der Waals surface area contributed by atoms with Crippen LogP contribution in [0.3, 0.4) is 0 Å². The number of ether oxygens (including phenoxy) is 1. The number of imidazole rings is 1. The monoisotopic (exact) mass is 618 g/mol. The van der Waals surface area contributed by atoms with E-state index in [4.69, 9.17) is 28.2 Å². The molecule has 0 saturated carbocycles. The van der Waals surface area contributed by atoms with E-state index in [1.54, 1.807) is 18.2 Å². The summed E-state index contributed by atoms with van der Waals surface area (Å²) in [4.78, 5) is 47.1. The number of aromatic amines is 1. The highest BCUT2D eigenvalue weighted by atomic mass is 35.5. The summed E-state index contributed by atoms with van der Waals surface area (Å²) in [5.74, 6) is -1.59. The van der Waals surface area contributed by atoms with Gasteiger partial charge in [-0.15, -0.1) is 0 Å². The fourth-order valence-corrected chi connectivity index (χ4v) is 5.42. The molecule has 2 aliphatic rings. The molecule has 2 atom stereocenters. The van der Waals surface area contributed by atoms with Crippen molar-refractivity contribution in [2.75, 3.05) is 24.3 Å². The molecule has 5 rings (SSSR count). The first-order chi connectivity index (χ1) is 20.2. The van der Waals surface area contributed by atoms with Gasteiger partial charge in [-0.3, -0.25) is 10.1 Å². The van der Waals surface area contributed by atoms with Gasteiger partial charge in [0.1, 0.15) is 28.3 Å². The summed E-state index contributed by atoms with van der Waals surface area (Å²) in [6.07, 6.45) is 4.13. The Labute approximate surface area is 249 Å². The van der Waals surface area contributed by atoms with E-state index < -0.39 is 35.8 Å². The number of methoxy groups -OCH3 is 1. The second-order valence-corrected chi connectivity index (χ2v) is 10.5. The quantitative estimate of drug-likeness (QED) is 0.191. The number of benzene rings is 2. The molecule has 4 amide bonds. The lowest BCUT2D eigenvalue weighted by atomic mass is 9.99. The standard InChI is InChI=1S/C28H26Cl2F2N6O4/c1-42-28(41)33-14-7-8-15-19(13-14)34-21(39)6-4-2-3-5-20(26-36-24(15)25(30)37-26)38-12-11-18(35-27(38)40)22-17(31)10-9-16(29)23(22)32/h2-3,7-10,13,18,20H,4-6,11-12H2,1H3,(H,33,41)(H,34,39)(H,35,40)(H,36,37)/b3-2+. The number of hydrogen-bond donors (Lipinski definition) is 4. The zero-order valence-corrected chi connectivity index (χ0v) is 23.8. The lowest BCUT2D eigenvalue weighted by Crippen LogP contribution is -2.49. The van der Waals surface area contributed by atoms with Crippen molar-refractivity contribution in [3.05, 3.63) is 75.7 Å². The van der Waals surface area contributed by atoms with Crippen LogP contribution in [0.25, 0.3) is 11.3 Å². The van der Waals surface area contributed by atoms with E-state index in [1.807, 2.05) is 12.2 Å². The number of anilines is 2. The highest BCUT2D eigenvalue weighted by Gasteiger charge is 2.36. The van der Waals surface area contributed by atoms with Gasteiger partial charge >= 0.3 is 12.1 Å². The highest BCUT2D eigenvalue weighted by Crippen LogP contribution is 2.38. The largest absolute Gasteiger partial charge is 0.453 e. The smallest absolute Gasteiger partial charge is 0.411 e. The minimum atomic E-state index is -0.912. The van der Waals surface area contributed by atoms with Gasteiger partial charge in [0.15, 0.2) is 0 Å². The van der Waals surface area contributed by atoms with Crippen LogP contribution in [-0.4, -0.2) is 46.6 Å². The Bertz CT molecular complexity index is 1580. The molecule has 0 radical (unpaired) electrons. The number of H-pyrrole nitrogens is 1. The number of amides is 4. The first kappa shape index (κ1) is 29.3. The van der Waals surface area contributed by atoms with Crippen LogP contribution in [0.1, 0.15) is 49.2 Å². The summed E-state index contributed by atoms with van der Waals surface area (Å²) < 4.78 is 33.9. The molecule has 42 heavy (non-hydrogen) atoms. The predicted octanol–water partition coefficient (Wildman–Crippen LogP) is 6.72. The van der Waals surface area contributed by atoms with Crippen LogP contribution in [0, 0.1) is 11.6 Å². The maximum absolute atomic E-state index is 14.7. The van der Waals surface area contributed by atoms with Gasteiger partial charge in [0.25, 0.3) is 0 Å². The minimum Gasteiger partial charge on any atom is -0.453 e. The molecule has 2 aromatic carbocycles. The molecule has 2 unspecified atom stereocenters. The molecule has 0 aliphatic carbocycles. The first-order valence-electron chi connectivity index (χ1n) is 13.1. The second kappa shape index (κ2) is 12.4. The fourth-order valence-electron chi connectivity index (χ4n) is 5.01. The number of carbonyl (C=O) groups is 3. The number of rotatable bonds is 3. The predicted molar refractivity (Wildman–Crippen MR) is 153 cm³/mol. The normalized spacial score (nSPS) is 19.8. The van der Waals surface area contributed by atoms with E-state index >= 15 is 0 Å². The Morgan fingerprint density at radius 1 is 1.17 bits per heavy atom. The lowest BCUT2D eigenvalue weighted by molar-refractivity contribution is -0.116. The molecule has 14 heteroatoms. The van der Waals surface area contributed by atoms with Crippen LogP contribution in [-0.2, 0) is 9.53 Å². The number of halogens is 4. The maximum atomic E-state index is 14.7. The topological polar surface area (TPSA) is 128 Å². The molecular formula is C28H26Cl2F2N6O4. The van der Waals surface area contributed by atoms with Gasteiger partial charge < -0.3 is 25.3 Å². The third-order valence-corrected chi connectivity index (χ3v) is 7.63. The van der Waals surface area contributed by atoms with Crippen molar-refractivity contribution in [1.82, 2.24) is 20.2 Å². The number of urea groups is 1. The van der Waals surface area contributed by atoms with Crippen molar-refractivity contribution in [3.8, 4) is 11.3 Å². The molecule has 220 valence electrons. The Balaban J connectivity index is 1.48. The summed E-state index contributed by atoms with van der Waals surface area (Å²) in [5.41, 5.74) is 1.24. The van der Waals surface area contributed by atoms with Crippen LogP contribution in [0.5, 0.6) is 0 Å². The summed E-state index contributed by atoms with van der Waals surface area (Å²) >= 11 is 12.5. The molecular weight excluding hydrogens is 593 g/mol. The maximum Gasteiger partial charge on any atom is 0.411 e. The summed E-state index contributed by atoms with van der Waals surface area (Å²) in [6, 6.07) is 4.94. The Morgan fingerprint density at radius 3 is 2.74 bits per heavy atom. The van der Waals surface area contributed by atoms with E-state index in [-0.39, 0.29) is 41.0 Å². The van der Waals surface area contributed by atoms with Crippen LogP contribution in [0.2, 0.25) is 10.2 Å². The molecule has 1 fully saturated rings. The molecule has 2 bridgehead atoms. The van der Waals surface area contributed by atoms with Gasteiger partial charge in [0.2, 0.25) is 5.91 Å². The number of nitrogens with one attached hydrogen (secondary N) is 4. The Morgan fingerprint density at radius 2 is 1.98 bits per heavy atom. The fraction of sp³-hybridized carbons (Fsp3) is 0.286. The van der Waals surface area contributed by atoms with Crippen LogP contribution < -0.4 is 16.0 Å². The first-order valence-corrected chi connectivity index (χ1v) is 13.8. The lowest BCUT2D eigenvalue weighted by Gasteiger charge is -2.37. The van der Waals surface area contributed by atoms with E-state index in [0.717, 1.165) is 12.1 Å². The van der Waals surface area contributed by atoms with E-state index in [1.165, 1.54) is 12.0 Å². The number of nitrogens with zero attached hydrogens (tertiary/aromatic N) is 2. The van der Waals surface area contributed by atoms with Gasteiger partial charge in [0.05, 0.1) is 29.9 Å². The van der Waals surface area contributed by atoms with E-state index in [0.29, 0.717) is 41.3 Å². The molecule has 2 aliphatic heterocycles. The average Bonchev–Trinajstić information content (AvgIpc) is 3.34. The van der Waals surface area contributed by atoms with Crippen LogP contribution in [0.4, 0.5) is 29.7 Å². The highest BCUT2D eigenvalue weighted by molar-refractivity contribution is 6.32. The number of carbonyl (C=O) groups excluding carboxylic acids is 3. The average molecular weight is 619 g/mol. The van der Waals surface area contributed by atoms with Gasteiger partial charge in [-0.25, -0.2) is 23.4 Å². The Kier molecular flexibility index (Phi) is 8.64. The van der Waals surface area contributed by atoms with Crippen LogP contribution >= 0.6 is 23.2 Å². The third-order valence-electron chi connectivity index (χ3n) is 7.06. The zero-order chi connectivity index (χ0) is 30.0. The minimum absolute atomic E-state index is 0.160. The molecule has 1 aromatic heterocycles. The van der Waals surface area contributed by atoms with Crippen molar-refractivity contribution in [2.24, 2.45) is 0 Å². The summed E-state index contributed by atoms with van der Waals surface area (Å²) in [7, 11) is 1.24. The zero-order valence-electron chi connectivity index (χ0n) is 22.3. The number of allylic oxidation sites excluding steroid dienone is 1. The van der Waals surface area contributed by atoms with Crippen molar-refractivity contribution in [2.45, 2.75) is 37.8 Å². The molecule has 3 aromatic rings. The van der Waals surface area contributed by atoms with Gasteiger partial charge in [-0.05, 0) is 49.6 Å². The number of hydrogen-bond acceptors (Lipinski definition) is 5. The van der Waals surface area contributed by atoms with Gasteiger partial charge in [-0.2, -0.15) is 0 Å². The van der Waals surface area contributed by atoms with Crippen LogP contribution in [0.15, 0.2) is 42.5 Å². The molecule has 3 heterocycles. The van der Waals surface area contributed by atoms with Crippen molar-refractivity contribution in [1.29, 1.82) is 0 Å². The van der Waals surface area contributed by atoms with E-state index in [9.17, 15) is 23.2 Å². The number of fused-ring (bicyclic) bond motifs is 4. The Hall–Kier alpha value is -4.16. The summed E-state index contributed by atoms with van der Waals surface area (Å²) in [6.45, 7) is 0.160. The van der Waals surface area contributed by atoms with Crippen molar-refractivity contribution in [3.63, 3.8) is 0 Å². The SMILES string of the molecule is COC(=O)Nc1ccc2c(c1)NC(=O)CC/C=C/CC(N1CCC(c3c(F)ccc(Cl)c3F)NC1=O)c1nc-2c(Cl)[nH]1. The molecule has 4 N–H and O–H groups in total. The third kappa shape index (κ3) is 6.04. The van der Waals surface area contributed by atoms with Gasteiger partial charge in [0, 0.05) is 29.8 Å². The van der Waals surface area contributed by atoms with Gasteiger partial charge in [-0.1, -0.05) is 35.4 Å². The van der Waals surface area contributed by atoms with Crippen molar-refractivity contribution >= 4 is 52.6 Å². The number of aromatic nitrogens is 2. The second-order valence-electron chi connectivity index (χ2n) is 9.71.